The number of carbonyl (C=O) groups excluding carboxylic acids is 1. The first-order valence-electron chi connectivity index (χ1n) is 10.8. The largest absolute Gasteiger partial charge is 0.350 e. The highest BCUT2D eigenvalue weighted by Gasteiger charge is 2.50. The molecule has 2 aromatic heterocycles. The molecule has 6 rings (SSSR count). The van der Waals surface area contributed by atoms with Gasteiger partial charge in [0.2, 0.25) is 0 Å². The molecule has 0 saturated heterocycles. The van der Waals surface area contributed by atoms with E-state index in [1.165, 1.54) is 38.5 Å². The number of hydrogen-bond acceptors (Lipinski definition) is 4. The molecule has 0 aliphatic heterocycles. The predicted molar refractivity (Wildman–Crippen MR) is 109 cm³/mol. The van der Waals surface area contributed by atoms with Crippen LogP contribution >= 0.6 is 0 Å². The highest BCUT2D eigenvalue weighted by atomic mass is 16.1. The molecule has 0 aromatic carbocycles. The zero-order valence-corrected chi connectivity index (χ0v) is 16.5. The van der Waals surface area contributed by atoms with Crippen LogP contribution in [0.4, 0.5) is 0 Å². The number of fused-ring (bicyclic) bond motifs is 1. The second kappa shape index (κ2) is 7.16. The summed E-state index contributed by atoms with van der Waals surface area (Å²) in [5.41, 5.74) is 8.29. The number of pyridine rings is 1. The Balaban J connectivity index is 1.29. The standard InChI is InChI=1S/C22H31N5O/c23-4-5-24-12-18-13-27-19(2-1-3-20(27)26-18)21(28)25-14-22-9-15-6-16(10-22)8-17(7-15)11-22/h1-3,13,15-17,24H,4-12,14,23H2,(H,25,28). The van der Waals surface area contributed by atoms with Gasteiger partial charge in [-0.25, -0.2) is 4.98 Å². The normalized spacial score (nSPS) is 30.8. The van der Waals surface area contributed by atoms with Gasteiger partial charge in [0.25, 0.3) is 5.91 Å². The molecule has 2 aromatic rings. The molecule has 2 heterocycles. The zero-order valence-electron chi connectivity index (χ0n) is 16.5. The van der Waals surface area contributed by atoms with E-state index in [0.717, 1.165) is 42.2 Å². The van der Waals surface area contributed by atoms with Crippen molar-refractivity contribution in [3.63, 3.8) is 0 Å². The average molecular weight is 382 g/mol. The summed E-state index contributed by atoms with van der Waals surface area (Å²) in [7, 11) is 0. The molecule has 0 radical (unpaired) electrons. The first kappa shape index (κ1) is 18.1. The minimum Gasteiger partial charge on any atom is -0.350 e. The fourth-order valence-corrected chi connectivity index (χ4v) is 6.51. The van der Waals surface area contributed by atoms with Gasteiger partial charge in [0.15, 0.2) is 0 Å². The lowest BCUT2D eigenvalue weighted by Gasteiger charge is -2.56. The van der Waals surface area contributed by atoms with Crippen LogP contribution in [0.25, 0.3) is 5.65 Å². The second-order valence-corrected chi connectivity index (χ2v) is 9.44. The van der Waals surface area contributed by atoms with Crippen molar-refractivity contribution in [2.24, 2.45) is 28.9 Å². The first-order chi connectivity index (χ1) is 13.6. The van der Waals surface area contributed by atoms with Gasteiger partial charge in [0.05, 0.1) is 5.69 Å². The number of imidazole rings is 1. The number of nitrogens with one attached hydrogen (secondary N) is 2. The molecule has 4 fully saturated rings. The van der Waals surface area contributed by atoms with Gasteiger partial charge in [0.1, 0.15) is 11.3 Å². The Morgan fingerprint density at radius 3 is 2.57 bits per heavy atom. The van der Waals surface area contributed by atoms with Gasteiger partial charge in [-0.2, -0.15) is 0 Å². The molecule has 0 atom stereocenters. The minimum atomic E-state index is 0.0141. The molecule has 6 nitrogen and oxygen atoms in total. The lowest BCUT2D eigenvalue weighted by atomic mass is 9.49. The van der Waals surface area contributed by atoms with E-state index in [2.05, 4.69) is 15.6 Å². The van der Waals surface area contributed by atoms with Crippen molar-refractivity contribution in [3.05, 3.63) is 35.8 Å². The van der Waals surface area contributed by atoms with Gasteiger partial charge in [-0.1, -0.05) is 6.07 Å². The van der Waals surface area contributed by atoms with Gasteiger partial charge in [-0.05, 0) is 73.8 Å². The maximum Gasteiger partial charge on any atom is 0.268 e. The zero-order chi connectivity index (χ0) is 19.1. The Hall–Kier alpha value is -1.92. The van der Waals surface area contributed by atoms with Gasteiger partial charge in [-0.3, -0.25) is 9.20 Å². The van der Waals surface area contributed by atoms with Crippen LogP contribution in [0.5, 0.6) is 0 Å². The molecule has 6 heteroatoms. The van der Waals surface area contributed by atoms with Crippen LogP contribution in [0.1, 0.15) is 54.7 Å². The summed E-state index contributed by atoms with van der Waals surface area (Å²) in [6.07, 6.45) is 10.2. The van der Waals surface area contributed by atoms with Crippen LogP contribution < -0.4 is 16.4 Å². The number of nitrogens with two attached hydrogens (primary N) is 1. The van der Waals surface area contributed by atoms with Crippen molar-refractivity contribution in [2.75, 3.05) is 19.6 Å². The number of aromatic nitrogens is 2. The Kier molecular flexibility index (Phi) is 4.63. The maximum atomic E-state index is 13.0. The van der Waals surface area contributed by atoms with Crippen LogP contribution in [0.3, 0.4) is 0 Å². The Bertz CT molecular complexity index is 838. The number of hydrogen-bond donors (Lipinski definition) is 3. The van der Waals surface area contributed by atoms with Crippen molar-refractivity contribution in [3.8, 4) is 0 Å². The summed E-state index contributed by atoms with van der Waals surface area (Å²) in [5.74, 6) is 2.73. The maximum absolute atomic E-state index is 13.0. The van der Waals surface area contributed by atoms with E-state index in [0.29, 0.717) is 24.2 Å². The quantitative estimate of drug-likeness (QED) is 0.643. The van der Waals surface area contributed by atoms with Gasteiger partial charge in [0, 0.05) is 32.4 Å². The SMILES string of the molecule is NCCNCc1cn2c(C(=O)NCC34CC5CC(CC(C5)C3)C4)cccc2n1. The Morgan fingerprint density at radius 1 is 1.18 bits per heavy atom. The third kappa shape index (κ3) is 3.33. The smallest absolute Gasteiger partial charge is 0.268 e. The predicted octanol–water partition coefficient (Wildman–Crippen LogP) is 2.33. The van der Waals surface area contributed by atoms with E-state index in [1.54, 1.807) is 0 Å². The fourth-order valence-electron chi connectivity index (χ4n) is 6.51. The third-order valence-electron chi connectivity index (χ3n) is 7.19. The molecule has 4 saturated carbocycles. The highest BCUT2D eigenvalue weighted by molar-refractivity contribution is 5.93. The summed E-state index contributed by atoms with van der Waals surface area (Å²) in [6.45, 7) is 2.84. The summed E-state index contributed by atoms with van der Waals surface area (Å²) in [4.78, 5) is 17.7. The highest BCUT2D eigenvalue weighted by Crippen LogP contribution is 2.59. The van der Waals surface area contributed by atoms with E-state index < -0.39 is 0 Å². The Morgan fingerprint density at radius 2 is 1.89 bits per heavy atom. The van der Waals surface area contributed by atoms with Crippen LogP contribution in [0.15, 0.2) is 24.4 Å². The summed E-state index contributed by atoms with van der Waals surface area (Å²) < 4.78 is 1.91. The monoisotopic (exact) mass is 381 g/mol. The summed E-state index contributed by atoms with van der Waals surface area (Å²) in [5, 5.41) is 6.55. The van der Waals surface area contributed by atoms with E-state index in [1.807, 2.05) is 28.8 Å². The molecule has 4 aliphatic carbocycles. The van der Waals surface area contributed by atoms with Crippen LogP contribution in [0.2, 0.25) is 0 Å². The van der Waals surface area contributed by atoms with E-state index >= 15 is 0 Å². The van der Waals surface area contributed by atoms with Gasteiger partial charge >= 0.3 is 0 Å². The molecule has 28 heavy (non-hydrogen) atoms. The first-order valence-corrected chi connectivity index (χ1v) is 10.8. The molecule has 4 bridgehead atoms. The van der Waals surface area contributed by atoms with Crippen molar-refractivity contribution in [2.45, 2.75) is 45.1 Å². The molecule has 0 unspecified atom stereocenters. The second-order valence-electron chi connectivity index (χ2n) is 9.44. The summed E-state index contributed by atoms with van der Waals surface area (Å²) >= 11 is 0. The topological polar surface area (TPSA) is 84.4 Å². The van der Waals surface area contributed by atoms with Crippen molar-refractivity contribution in [1.29, 1.82) is 0 Å². The number of carbonyl (C=O) groups is 1. The van der Waals surface area contributed by atoms with Gasteiger partial charge in [-0.15, -0.1) is 0 Å². The van der Waals surface area contributed by atoms with Crippen molar-refractivity contribution < 1.29 is 4.79 Å². The number of amides is 1. The summed E-state index contributed by atoms with van der Waals surface area (Å²) in [6, 6.07) is 5.75. The van der Waals surface area contributed by atoms with Gasteiger partial charge < -0.3 is 16.4 Å². The van der Waals surface area contributed by atoms with Crippen molar-refractivity contribution >= 4 is 11.6 Å². The van der Waals surface area contributed by atoms with E-state index in [4.69, 9.17) is 5.73 Å². The Labute approximate surface area is 166 Å². The molecular weight excluding hydrogens is 350 g/mol. The number of rotatable bonds is 7. The molecular formula is C22H31N5O. The molecule has 0 spiro atoms. The average Bonchev–Trinajstić information content (AvgIpc) is 3.08. The number of nitrogens with zero attached hydrogens (tertiary/aromatic N) is 2. The molecule has 1 amide bonds. The van der Waals surface area contributed by atoms with Crippen LogP contribution in [-0.4, -0.2) is 34.9 Å². The van der Waals surface area contributed by atoms with E-state index in [9.17, 15) is 4.79 Å². The molecule has 150 valence electrons. The molecule has 4 N–H and O–H groups in total. The van der Waals surface area contributed by atoms with Crippen LogP contribution in [-0.2, 0) is 6.54 Å². The van der Waals surface area contributed by atoms with Crippen LogP contribution in [0, 0.1) is 23.2 Å². The van der Waals surface area contributed by atoms with E-state index in [-0.39, 0.29) is 5.91 Å². The molecule has 4 aliphatic rings. The third-order valence-corrected chi connectivity index (χ3v) is 7.19. The fraction of sp³-hybridized carbons (Fsp3) is 0.636. The van der Waals surface area contributed by atoms with Crippen molar-refractivity contribution in [1.82, 2.24) is 20.0 Å². The lowest BCUT2D eigenvalue weighted by Crippen LogP contribution is -2.51. The minimum absolute atomic E-state index is 0.0141. The lowest BCUT2D eigenvalue weighted by molar-refractivity contribution is -0.0503.